The monoisotopic (exact) mass is 213 g/mol. The number of hydrogen-bond acceptors (Lipinski definition) is 3. The van der Waals surface area contributed by atoms with Crippen LogP contribution in [0.1, 0.15) is 27.7 Å². The zero-order valence-corrected chi connectivity index (χ0v) is 10.7. The van der Waals surface area contributed by atoms with Crippen molar-refractivity contribution in [3.05, 3.63) is 0 Å². The predicted octanol–water partition coefficient (Wildman–Crippen LogP) is 0.901. The summed E-state index contributed by atoms with van der Waals surface area (Å²) in [4.78, 5) is 2.61. The lowest BCUT2D eigenvalue weighted by Crippen LogP contribution is -2.56. The van der Waals surface area contributed by atoms with Gasteiger partial charge in [0.1, 0.15) is 0 Å². The van der Waals surface area contributed by atoms with Gasteiger partial charge in [-0.05, 0) is 17.9 Å². The molecule has 1 aliphatic rings. The summed E-state index contributed by atoms with van der Waals surface area (Å²) >= 11 is 0. The molecule has 15 heavy (non-hydrogen) atoms. The third-order valence-corrected chi connectivity index (χ3v) is 3.35. The van der Waals surface area contributed by atoms with Crippen LogP contribution in [0.5, 0.6) is 0 Å². The summed E-state index contributed by atoms with van der Waals surface area (Å²) in [5.41, 5.74) is 6.04. The van der Waals surface area contributed by atoms with E-state index in [1.165, 1.54) is 0 Å². The molecule has 0 aromatic heterocycles. The summed E-state index contributed by atoms with van der Waals surface area (Å²) in [5, 5.41) is 3.48. The third-order valence-electron chi connectivity index (χ3n) is 3.35. The van der Waals surface area contributed by atoms with Crippen LogP contribution in [0.15, 0.2) is 0 Å². The number of nitrogens with one attached hydrogen (secondary N) is 1. The van der Waals surface area contributed by atoms with E-state index in [4.69, 9.17) is 5.73 Å². The van der Waals surface area contributed by atoms with Gasteiger partial charge in [-0.15, -0.1) is 0 Å². The van der Waals surface area contributed by atoms with E-state index in [1.807, 2.05) is 0 Å². The average Bonchev–Trinajstić information content (AvgIpc) is 2.18. The summed E-state index contributed by atoms with van der Waals surface area (Å²) in [6.07, 6.45) is 0. The Balaban J connectivity index is 2.57. The number of nitrogens with two attached hydrogens (primary N) is 1. The van der Waals surface area contributed by atoms with Gasteiger partial charge in [0, 0.05) is 32.2 Å². The van der Waals surface area contributed by atoms with E-state index in [0.717, 1.165) is 32.7 Å². The molecule has 0 aliphatic carbocycles. The largest absolute Gasteiger partial charge is 0.330 e. The summed E-state index contributed by atoms with van der Waals surface area (Å²) in [6.45, 7) is 14.4. The van der Waals surface area contributed by atoms with Gasteiger partial charge in [-0.3, -0.25) is 4.90 Å². The zero-order chi connectivity index (χ0) is 11.5. The van der Waals surface area contributed by atoms with Crippen molar-refractivity contribution >= 4 is 0 Å². The molecule has 1 saturated heterocycles. The molecular formula is C12H27N3. The number of nitrogens with zero attached hydrogens (tertiary/aromatic N) is 1. The Bertz CT molecular complexity index is 189. The second-order valence-corrected chi connectivity index (χ2v) is 5.85. The molecule has 0 radical (unpaired) electrons. The Hall–Kier alpha value is -0.120. The van der Waals surface area contributed by atoms with Crippen LogP contribution in [0.25, 0.3) is 0 Å². The van der Waals surface area contributed by atoms with Crippen LogP contribution in [0, 0.1) is 11.3 Å². The smallest absolute Gasteiger partial charge is 0.0244 e. The van der Waals surface area contributed by atoms with Gasteiger partial charge in [0.15, 0.2) is 0 Å². The molecular weight excluding hydrogens is 186 g/mol. The van der Waals surface area contributed by atoms with Gasteiger partial charge in [-0.25, -0.2) is 0 Å². The van der Waals surface area contributed by atoms with Crippen molar-refractivity contribution in [3.8, 4) is 0 Å². The van der Waals surface area contributed by atoms with Gasteiger partial charge in [0.2, 0.25) is 0 Å². The number of hydrogen-bond donors (Lipinski definition) is 2. The van der Waals surface area contributed by atoms with E-state index in [0.29, 0.717) is 12.0 Å². The molecule has 1 heterocycles. The molecule has 1 rings (SSSR count). The maximum absolute atomic E-state index is 5.80. The molecule has 0 aromatic rings. The van der Waals surface area contributed by atoms with E-state index in [1.54, 1.807) is 0 Å². The standard InChI is InChI=1S/C12H27N3/c1-10(2)11-7-14-5-6-15(11)9-12(3,4)8-13/h10-11,14H,5-9,13H2,1-4H3. The maximum Gasteiger partial charge on any atom is 0.0244 e. The lowest BCUT2D eigenvalue weighted by molar-refractivity contribution is 0.0829. The van der Waals surface area contributed by atoms with Crippen LogP contribution in [0.4, 0.5) is 0 Å². The Labute approximate surface area is 94.4 Å². The van der Waals surface area contributed by atoms with Crippen LogP contribution in [0.2, 0.25) is 0 Å². The van der Waals surface area contributed by atoms with Gasteiger partial charge in [0.25, 0.3) is 0 Å². The molecule has 0 saturated carbocycles. The fourth-order valence-corrected chi connectivity index (χ4v) is 2.24. The first-order valence-electron chi connectivity index (χ1n) is 6.11. The van der Waals surface area contributed by atoms with E-state index in [9.17, 15) is 0 Å². The minimum atomic E-state index is 0.241. The van der Waals surface area contributed by atoms with Crippen molar-refractivity contribution in [2.75, 3.05) is 32.7 Å². The molecule has 90 valence electrons. The van der Waals surface area contributed by atoms with Gasteiger partial charge in [0.05, 0.1) is 0 Å². The Morgan fingerprint density at radius 3 is 2.67 bits per heavy atom. The van der Waals surface area contributed by atoms with E-state index >= 15 is 0 Å². The van der Waals surface area contributed by atoms with Gasteiger partial charge in [-0.1, -0.05) is 27.7 Å². The molecule has 0 amide bonds. The lowest BCUT2D eigenvalue weighted by Gasteiger charge is -2.42. The second-order valence-electron chi connectivity index (χ2n) is 5.85. The van der Waals surface area contributed by atoms with Crippen LogP contribution in [-0.2, 0) is 0 Å². The van der Waals surface area contributed by atoms with E-state index in [-0.39, 0.29) is 5.41 Å². The first-order chi connectivity index (χ1) is 6.96. The minimum Gasteiger partial charge on any atom is -0.330 e. The molecule has 1 unspecified atom stereocenters. The van der Waals surface area contributed by atoms with Gasteiger partial charge >= 0.3 is 0 Å². The van der Waals surface area contributed by atoms with Crippen molar-refractivity contribution in [1.29, 1.82) is 0 Å². The van der Waals surface area contributed by atoms with Gasteiger partial charge < -0.3 is 11.1 Å². The number of rotatable bonds is 4. The third kappa shape index (κ3) is 3.74. The molecule has 0 bridgehead atoms. The molecule has 0 aromatic carbocycles. The fraction of sp³-hybridized carbons (Fsp3) is 1.00. The SMILES string of the molecule is CC(C)C1CNCCN1CC(C)(C)CN. The summed E-state index contributed by atoms with van der Waals surface area (Å²) < 4.78 is 0. The van der Waals surface area contributed by atoms with Crippen molar-refractivity contribution < 1.29 is 0 Å². The van der Waals surface area contributed by atoms with Crippen molar-refractivity contribution in [1.82, 2.24) is 10.2 Å². The zero-order valence-electron chi connectivity index (χ0n) is 10.7. The van der Waals surface area contributed by atoms with Crippen LogP contribution >= 0.6 is 0 Å². The lowest BCUT2D eigenvalue weighted by atomic mass is 9.90. The molecule has 1 fully saturated rings. The van der Waals surface area contributed by atoms with Crippen LogP contribution in [-0.4, -0.2) is 43.7 Å². The highest BCUT2D eigenvalue weighted by Gasteiger charge is 2.29. The van der Waals surface area contributed by atoms with Gasteiger partial charge in [-0.2, -0.15) is 0 Å². The maximum atomic E-state index is 5.80. The molecule has 1 atom stereocenters. The normalized spacial score (nSPS) is 24.8. The number of piperazine rings is 1. The highest BCUT2D eigenvalue weighted by Crippen LogP contribution is 2.20. The Kier molecular flexibility index (Phi) is 4.56. The second kappa shape index (κ2) is 5.28. The summed E-state index contributed by atoms with van der Waals surface area (Å²) in [5.74, 6) is 0.714. The molecule has 1 aliphatic heterocycles. The van der Waals surface area contributed by atoms with Crippen molar-refractivity contribution in [3.63, 3.8) is 0 Å². The minimum absolute atomic E-state index is 0.241. The molecule has 3 heteroatoms. The molecule has 3 nitrogen and oxygen atoms in total. The quantitative estimate of drug-likeness (QED) is 0.729. The van der Waals surface area contributed by atoms with Crippen LogP contribution < -0.4 is 11.1 Å². The fourth-order valence-electron chi connectivity index (χ4n) is 2.24. The summed E-state index contributed by atoms with van der Waals surface area (Å²) in [6, 6.07) is 0.671. The summed E-state index contributed by atoms with van der Waals surface area (Å²) in [7, 11) is 0. The molecule has 3 N–H and O–H groups in total. The van der Waals surface area contributed by atoms with E-state index < -0.39 is 0 Å². The highest BCUT2D eigenvalue weighted by molar-refractivity contribution is 4.86. The predicted molar refractivity (Wildman–Crippen MR) is 65.9 cm³/mol. The highest BCUT2D eigenvalue weighted by atomic mass is 15.2. The first kappa shape index (κ1) is 12.9. The Morgan fingerprint density at radius 1 is 1.47 bits per heavy atom. The van der Waals surface area contributed by atoms with Crippen molar-refractivity contribution in [2.24, 2.45) is 17.1 Å². The average molecular weight is 213 g/mol. The van der Waals surface area contributed by atoms with E-state index in [2.05, 4.69) is 37.9 Å². The molecule has 0 spiro atoms. The Morgan fingerprint density at radius 2 is 2.13 bits per heavy atom. The van der Waals surface area contributed by atoms with Crippen LogP contribution in [0.3, 0.4) is 0 Å². The first-order valence-corrected chi connectivity index (χ1v) is 6.11. The van der Waals surface area contributed by atoms with Crippen molar-refractivity contribution in [2.45, 2.75) is 33.7 Å². The topological polar surface area (TPSA) is 41.3 Å².